The number of carbonyl (C=O) groups excluding carboxylic acids is 1. The maximum absolute atomic E-state index is 13.6. The number of aromatic nitrogens is 1. The Balaban J connectivity index is 1.38. The second-order valence-corrected chi connectivity index (χ2v) is 8.85. The van der Waals surface area contributed by atoms with Crippen molar-refractivity contribution in [3.63, 3.8) is 0 Å². The molecule has 1 amide bonds. The minimum Gasteiger partial charge on any atom is -0.508 e. The molecule has 2 aromatic rings. The first-order chi connectivity index (χ1) is 13.7. The number of carbonyl (C=O) groups is 1. The van der Waals surface area contributed by atoms with Gasteiger partial charge in [-0.2, -0.15) is 0 Å². The predicted molar refractivity (Wildman–Crippen MR) is 102 cm³/mol. The molecule has 1 N–H and O–H groups in total. The summed E-state index contributed by atoms with van der Waals surface area (Å²) >= 11 is 0. The molecule has 5 aliphatic rings. The summed E-state index contributed by atoms with van der Waals surface area (Å²) in [5, 5.41) is 10.0. The Morgan fingerprint density at radius 2 is 1.96 bits per heavy atom. The number of aromatic hydroxyl groups is 1. The molecular formula is C22H25N3O3. The Morgan fingerprint density at radius 3 is 2.71 bits per heavy atom. The van der Waals surface area contributed by atoms with Crippen LogP contribution in [0.25, 0.3) is 0 Å². The number of fused-ring (bicyclic) bond motifs is 2. The molecule has 1 aliphatic carbocycles. The summed E-state index contributed by atoms with van der Waals surface area (Å²) in [6, 6.07) is 8.13. The van der Waals surface area contributed by atoms with E-state index in [9.17, 15) is 9.90 Å². The van der Waals surface area contributed by atoms with E-state index in [0.29, 0.717) is 35.9 Å². The van der Waals surface area contributed by atoms with Gasteiger partial charge in [-0.1, -0.05) is 12.1 Å². The van der Waals surface area contributed by atoms with Crippen molar-refractivity contribution in [2.45, 2.75) is 49.6 Å². The van der Waals surface area contributed by atoms with Crippen molar-refractivity contribution < 1.29 is 14.3 Å². The average molecular weight is 379 g/mol. The summed E-state index contributed by atoms with van der Waals surface area (Å²) in [5.74, 6) is 2.25. The predicted octanol–water partition coefficient (Wildman–Crippen LogP) is 2.96. The lowest BCUT2D eigenvalue weighted by molar-refractivity contribution is -0.00363. The third-order valence-corrected chi connectivity index (χ3v) is 7.30. The fourth-order valence-electron chi connectivity index (χ4n) is 5.89. The maximum Gasteiger partial charge on any atom is 0.276 e. The van der Waals surface area contributed by atoms with Gasteiger partial charge in [-0.05, 0) is 62.4 Å². The largest absolute Gasteiger partial charge is 0.508 e. The van der Waals surface area contributed by atoms with Crippen LogP contribution in [0.1, 0.15) is 59.3 Å². The van der Waals surface area contributed by atoms with Gasteiger partial charge in [-0.25, -0.2) is 4.98 Å². The van der Waals surface area contributed by atoms with E-state index in [1.807, 2.05) is 12.1 Å². The number of phenolic OH excluding ortho intramolecular Hbond substituents is 1. The molecule has 5 fully saturated rings. The van der Waals surface area contributed by atoms with Crippen LogP contribution in [0.3, 0.4) is 0 Å². The summed E-state index contributed by atoms with van der Waals surface area (Å²) < 4.78 is 5.59. The number of amides is 1. The lowest BCUT2D eigenvalue weighted by Crippen LogP contribution is -2.60. The van der Waals surface area contributed by atoms with Crippen molar-refractivity contribution in [2.24, 2.45) is 5.92 Å². The number of nitrogens with zero attached hydrogens (tertiary/aromatic N) is 3. The molecule has 4 aliphatic heterocycles. The summed E-state index contributed by atoms with van der Waals surface area (Å²) in [6.07, 6.45) is 5.92. The molecule has 4 saturated heterocycles. The zero-order valence-electron chi connectivity index (χ0n) is 15.8. The minimum atomic E-state index is 0.0297. The van der Waals surface area contributed by atoms with E-state index in [1.54, 1.807) is 6.07 Å². The monoisotopic (exact) mass is 379 g/mol. The first-order valence-corrected chi connectivity index (χ1v) is 10.5. The van der Waals surface area contributed by atoms with Crippen LogP contribution in [0.4, 0.5) is 0 Å². The average Bonchev–Trinajstić information content (AvgIpc) is 3.29. The summed E-state index contributed by atoms with van der Waals surface area (Å²) in [5.41, 5.74) is 1.65. The van der Waals surface area contributed by atoms with E-state index in [4.69, 9.17) is 4.42 Å². The van der Waals surface area contributed by atoms with E-state index in [1.165, 1.54) is 6.39 Å². The second kappa shape index (κ2) is 6.08. The third-order valence-electron chi connectivity index (χ3n) is 7.30. The number of rotatable bonds is 3. The number of piperidine rings is 3. The number of hydrogen-bond acceptors (Lipinski definition) is 5. The molecule has 0 spiro atoms. The standard InChI is InChI=1S/C22H25N3O3/c26-16-3-1-2-15(10-16)17-11-25(19-13-6-8-24(9-7-13)20(17)19)22(27)18-21(14-4-5-14)28-12-23-18/h1-3,10,12-14,17,19-20,26H,4-9,11H2/t17-,19+,20+/m0/s1. The van der Waals surface area contributed by atoms with E-state index in [0.717, 1.165) is 50.1 Å². The molecule has 3 atom stereocenters. The van der Waals surface area contributed by atoms with Gasteiger partial charge < -0.3 is 14.4 Å². The molecular weight excluding hydrogens is 354 g/mol. The summed E-state index contributed by atoms with van der Waals surface area (Å²) in [4.78, 5) is 22.5. The molecule has 6 nitrogen and oxygen atoms in total. The minimum absolute atomic E-state index is 0.0297. The zero-order chi connectivity index (χ0) is 18.8. The van der Waals surface area contributed by atoms with E-state index >= 15 is 0 Å². The quantitative estimate of drug-likeness (QED) is 0.888. The van der Waals surface area contributed by atoms with Gasteiger partial charge in [0.25, 0.3) is 5.91 Å². The first-order valence-electron chi connectivity index (χ1n) is 10.5. The lowest BCUT2D eigenvalue weighted by atomic mass is 9.75. The van der Waals surface area contributed by atoms with Crippen molar-refractivity contribution in [3.05, 3.63) is 47.7 Å². The number of likely N-dealkylation sites (tertiary alicyclic amines) is 1. The van der Waals surface area contributed by atoms with Crippen LogP contribution >= 0.6 is 0 Å². The molecule has 146 valence electrons. The van der Waals surface area contributed by atoms with Crippen molar-refractivity contribution in [3.8, 4) is 5.75 Å². The molecule has 1 aromatic heterocycles. The van der Waals surface area contributed by atoms with E-state index < -0.39 is 0 Å². The van der Waals surface area contributed by atoms with Gasteiger partial charge in [0, 0.05) is 24.4 Å². The molecule has 28 heavy (non-hydrogen) atoms. The SMILES string of the molecule is O=C(c1ncoc1C1CC1)N1C[C@@H](c2cccc(O)c2)[C@@H]2[C@H]1C1CCN2CC1. The van der Waals surface area contributed by atoms with Gasteiger partial charge >= 0.3 is 0 Å². The van der Waals surface area contributed by atoms with Crippen LogP contribution in [0.5, 0.6) is 5.75 Å². The Morgan fingerprint density at radius 1 is 1.14 bits per heavy atom. The Hall–Kier alpha value is -2.34. The topological polar surface area (TPSA) is 69.8 Å². The number of hydrogen-bond donors (Lipinski definition) is 1. The highest BCUT2D eigenvalue weighted by Crippen LogP contribution is 2.48. The second-order valence-electron chi connectivity index (χ2n) is 8.85. The van der Waals surface area contributed by atoms with Gasteiger partial charge in [0.15, 0.2) is 12.1 Å². The van der Waals surface area contributed by atoms with Crippen molar-refractivity contribution in [1.82, 2.24) is 14.8 Å². The Labute approximate surface area is 164 Å². The Bertz CT molecular complexity index is 913. The molecule has 6 heteroatoms. The van der Waals surface area contributed by atoms with E-state index in [-0.39, 0.29) is 17.9 Å². The van der Waals surface area contributed by atoms with E-state index in [2.05, 4.69) is 20.9 Å². The van der Waals surface area contributed by atoms with Gasteiger partial charge in [0.05, 0.1) is 6.04 Å². The smallest absolute Gasteiger partial charge is 0.276 e. The summed E-state index contributed by atoms with van der Waals surface area (Å²) in [6.45, 7) is 2.91. The highest BCUT2D eigenvalue weighted by Gasteiger charge is 2.55. The number of phenols is 1. The fraction of sp³-hybridized carbons (Fsp3) is 0.545. The van der Waals surface area contributed by atoms with Crippen LogP contribution in [0.15, 0.2) is 35.1 Å². The maximum atomic E-state index is 13.6. The van der Waals surface area contributed by atoms with Crippen molar-refractivity contribution in [1.29, 1.82) is 0 Å². The molecule has 1 saturated carbocycles. The molecule has 0 radical (unpaired) electrons. The zero-order valence-corrected chi connectivity index (χ0v) is 15.8. The lowest BCUT2D eigenvalue weighted by Gasteiger charge is -2.51. The van der Waals surface area contributed by atoms with Crippen molar-refractivity contribution >= 4 is 5.91 Å². The van der Waals surface area contributed by atoms with Crippen LogP contribution in [0, 0.1) is 5.92 Å². The number of benzene rings is 1. The van der Waals surface area contributed by atoms with Gasteiger partial charge in [0.1, 0.15) is 11.5 Å². The molecule has 1 aromatic carbocycles. The van der Waals surface area contributed by atoms with Crippen LogP contribution in [-0.2, 0) is 0 Å². The Kier molecular flexibility index (Phi) is 3.60. The molecule has 5 heterocycles. The van der Waals surface area contributed by atoms with Gasteiger partial charge in [-0.3, -0.25) is 9.69 Å². The fourth-order valence-corrected chi connectivity index (χ4v) is 5.89. The molecule has 0 unspecified atom stereocenters. The van der Waals surface area contributed by atoms with Crippen LogP contribution in [0.2, 0.25) is 0 Å². The van der Waals surface area contributed by atoms with Gasteiger partial charge in [-0.15, -0.1) is 0 Å². The first kappa shape index (κ1) is 16.6. The highest BCUT2D eigenvalue weighted by molar-refractivity contribution is 5.94. The third kappa shape index (κ3) is 2.43. The normalized spacial score (nSPS) is 33.9. The van der Waals surface area contributed by atoms with Crippen LogP contribution < -0.4 is 0 Å². The number of oxazole rings is 1. The van der Waals surface area contributed by atoms with Crippen LogP contribution in [-0.4, -0.2) is 57.5 Å². The summed E-state index contributed by atoms with van der Waals surface area (Å²) in [7, 11) is 0. The molecule has 7 rings (SSSR count). The molecule has 2 bridgehead atoms. The van der Waals surface area contributed by atoms with Gasteiger partial charge in [0.2, 0.25) is 0 Å². The van der Waals surface area contributed by atoms with Crippen molar-refractivity contribution in [2.75, 3.05) is 19.6 Å². The highest BCUT2D eigenvalue weighted by atomic mass is 16.3.